The second kappa shape index (κ2) is 5.87. The number of hydrogen-bond acceptors (Lipinski definition) is 3. The Balaban J connectivity index is 0.00000256. The van der Waals surface area contributed by atoms with Crippen molar-refractivity contribution >= 4 is 24.0 Å². The van der Waals surface area contributed by atoms with Crippen LogP contribution in [0.2, 0.25) is 5.02 Å². The number of benzene rings is 1. The number of hydrogen-bond donors (Lipinski definition) is 3. The van der Waals surface area contributed by atoms with Crippen LogP contribution < -0.4 is 5.73 Å². The van der Waals surface area contributed by atoms with E-state index in [9.17, 15) is 9.50 Å². The summed E-state index contributed by atoms with van der Waals surface area (Å²) in [5.41, 5.74) is 5.40. The minimum absolute atomic E-state index is 0. The first-order valence-electron chi connectivity index (χ1n) is 4.84. The summed E-state index contributed by atoms with van der Waals surface area (Å²) in [6.07, 6.45) is 0. The Bertz CT molecular complexity index is 399. The van der Waals surface area contributed by atoms with E-state index in [0.717, 1.165) is 12.1 Å². The molecular formula is C11H16Cl2FNO2. The molecule has 6 heteroatoms. The van der Waals surface area contributed by atoms with Gasteiger partial charge in [0.25, 0.3) is 0 Å². The Labute approximate surface area is 111 Å². The van der Waals surface area contributed by atoms with Gasteiger partial charge in [0.2, 0.25) is 0 Å². The van der Waals surface area contributed by atoms with Gasteiger partial charge in [0.15, 0.2) is 0 Å². The number of phenols is 1. The van der Waals surface area contributed by atoms with Gasteiger partial charge in [-0.2, -0.15) is 0 Å². The zero-order valence-corrected chi connectivity index (χ0v) is 11.1. The Morgan fingerprint density at radius 1 is 1.47 bits per heavy atom. The smallest absolute Gasteiger partial charge is 0.139 e. The third-order valence-corrected chi connectivity index (χ3v) is 2.93. The average Bonchev–Trinajstić information content (AvgIpc) is 2.22. The highest BCUT2D eigenvalue weighted by Crippen LogP contribution is 2.38. The first kappa shape index (κ1) is 16.4. The molecule has 0 saturated carbocycles. The van der Waals surface area contributed by atoms with E-state index in [4.69, 9.17) is 22.4 Å². The van der Waals surface area contributed by atoms with Crippen molar-refractivity contribution in [1.82, 2.24) is 0 Å². The largest absolute Gasteiger partial charge is 0.506 e. The van der Waals surface area contributed by atoms with E-state index in [1.807, 2.05) is 0 Å². The van der Waals surface area contributed by atoms with Gasteiger partial charge in [-0.05, 0) is 12.1 Å². The van der Waals surface area contributed by atoms with Crippen LogP contribution in [0.15, 0.2) is 12.1 Å². The van der Waals surface area contributed by atoms with Gasteiger partial charge < -0.3 is 15.9 Å². The normalized spacial score (nSPS) is 13.1. The summed E-state index contributed by atoms with van der Waals surface area (Å²) < 4.78 is 13.1. The molecular weight excluding hydrogens is 268 g/mol. The summed E-state index contributed by atoms with van der Waals surface area (Å²) in [5.74, 6) is -0.806. The number of aliphatic hydroxyl groups excluding tert-OH is 1. The molecule has 0 aromatic heterocycles. The average molecular weight is 284 g/mol. The van der Waals surface area contributed by atoms with E-state index in [1.54, 1.807) is 13.8 Å². The van der Waals surface area contributed by atoms with Gasteiger partial charge in [0, 0.05) is 23.6 Å². The van der Waals surface area contributed by atoms with E-state index in [-0.39, 0.29) is 35.3 Å². The molecule has 98 valence electrons. The second-order valence-electron chi connectivity index (χ2n) is 4.45. The van der Waals surface area contributed by atoms with Crippen LogP contribution in [-0.4, -0.2) is 16.8 Å². The van der Waals surface area contributed by atoms with Crippen molar-refractivity contribution in [1.29, 1.82) is 0 Å². The van der Waals surface area contributed by atoms with Crippen LogP contribution in [0.4, 0.5) is 4.39 Å². The van der Waals surface area contributed by atoms with Crippen molar-refractivity contribution < 1.29 is 14.6 Å². The van der Waals surface area contributed by atoms with Crippen molar-refractivity contribution in [2.75, 3.05) is 6.61 Å². The number of phenolic OH excluding ortho intramolecular Hbond substituents is 1. The molecule has 4 N–H and O–H groups in total. The van der Waals surface area contributed by atoms with Crippen LogP contribution in [0.5, 0.6) is 5.75 Å². The van der Waals surface area contributed by atoms with Crippen molar-refractivity contribution in [2.45, 2.75) is 19.9 Å². The van der Waals surface area contributed by atoms with E-state index < -0.39 is 17.3 Å². The van der Waals surface area contributed by atoms with E-state index in [2.05, 4.69) is 0 Å². The Hall–Kier alpha value is -0.550. The molecule has 1 rings (SSSR count). The molecule has 0 aliphatic carbocycles. The number of halogens is 3. The van der Waals surface area contributed by atoms with Gasteiger partial charge >= 0.3 is 0 Å². The summed E-state index contributed by atoms with van der Waals surface area (Å²) in [4.78, 5) is 0. The Morgan fingerprint density at radius 3 is 2.47 bits per heavy atom. The molecule has 0 unspecified atom stereocenters. The van der Waals surface area contributed by atoms with Gasteiger partial charge in [-0.15, -0.1) is 12.4 Å². The number of aliphatic hydroxyl groups is 1. The van der Waals surface area contributed by atoms with Crippen molar-refractivity contribution in [3.05, 3.63) is 28.5 Å². The highest BCUT2D eigenvalue weighted by Gasteiger charge is 2.30. The SMILES string of the molecule is CC(C)(CO)[C@@H](N)c1cc(F)cc(Cl)c1O.Cl. The van der Waals surface area contributed by atoms with Gasteiger partial charge in [-0.25, -0.2) is 4.39 Å². The maximum absolute atomic E-state index is 13.1. The van der Waals surface area contributed by atoms with E-state index >= 15 is 0 Å². The van der Waals surface area contributed by atoms with Gasteiger partial charge in [0.05, 0.1) is 5.02 Å². The fraction of sp³-hybridized carbons (Fsp3) is 0.455. The predicted octanol–water partition coefficient (Wildman–Crippen LogP) is 2.62. The second-order valence-corrected chi connectivity index (χ2v) is 4.86. The van der Waals surface area contributed by atoms with Crippen LogP contribution in [0.1, 0.15) is 25.5 Å². The lowest BCUT2D eigenvalue weighted by Gasteiger charge is -2.30. The summed E-state index contributed by atoms with van der Waals surface area (Å²) in [5, 5.41) is 18.8. The molecule has 0 heterocycles. The predicted molar refractivity (Wildman–Crippen MR) is 68.1 cm³/mol. The number of nitrogens with two attached hydrogens (primary N) is 1. The lowest BCUT2D eigenvalue weighted by Crippen LogP contribution is -2.32. The minimum atomic E-state index is -0.703. The third kappa shape index (κ3) is 3.45. The molecule has 0 aliphatic heterocycles. The number of rotatable bonds is 3. The third-order valence-electron chi connectivity index (χ3n) is 2.64. The van der Waals surface area contributed by atoms with Crippen LogP contribution in [-0.2, 0) is 0 Å². The molecule has 0 amide bonds. The minimum Gasteiger partial charge on any atom is -0.506 e. The zero-order valence-electron chi connectivity index (χ0n) is 9.58. The molecule has 1 atom stereocenters. The zero-order chi connectivity index (χ0) is 12.5. The first-order chi connectivity index (χ1) is 7.29. The fourth-order valence-electron chi connectivity index (χ4n) is 1.34. The Kier molecular flexibility index (Phi) is 5.68. The highest BCUT2D eigenvalue weighted by molar-refractivity contribution is 6.32. The molecule has 0 spiro atoms. The van der Waals surface area contributed by atoms with E-state index in [0.29, 0.717) is 0 Å². The summed E-state index contributed by atoms with van der Waals surface area (Å²) >= 11 is 5.65. The molecule has 1 aromatic carbocycles. The number of aromatic hydroxyl groups is 1. The monoisotopic (exact) mass is 283 g/mol. The van der Waals surface area contributed by atoms with Crippen LogP contribution >= 0.6 is 24.0 Å². The van der Waals surface area contributed by atoms with Crippen molar-refractivity contribution in [3.8, 4) is 5.75 Å². The van der Waals surface area contributed by atoms with Gasteiger partial charge in [-0.1, -0.05) is 25.4 Å². The Morgan fingerprint density at radius 2 is 2.00 bits per heavy atom. The first-order valence-corrected chi connectivity index (χ1v) is 5.21. The maximum atomic E-state index is 13.1. The lowest BCUT2D eigenvalue weighted by atomic mass is 9.81. The van der Waals surface area contributed by atoms with Gasteiger partial charge in [0.1, 0.15) is 11.6 Å². The molecule has 0 bridgehead atoms. The van der Waals surface area contributed by atoms with Crippen LogP contribution in [0.3, 0.4) is 0 Å². The molecule has 0 aliphatic rings. The molecule has 0 saturated heterocycles. The molecule has 1 aromatic rings. The fourth-order valence-corrected chi connectivity index (χ4v) is 1.56. The summed E-state index contributed by atoms with van der Waals surface area (Å²) in [7, 11) is 0. The molecule has 0 radical (unpaired) electrons. The molecule has 3 nitrogen and oxygen atoms in total. The van der Waals surface area contributed by atoms with E-state index in [1.165, 1.54) is 0 Å². The van der Waals surface area contributed by atoms with Gasteiger partial charge in [-0.3, -0.25) is 0 Å². The quantitative estimate of drug-likeness (QED) is 0.799. The van der Waals surface area contributed by atoms with Crippen molar-refractivity contribution in [2.24, 2.45) is 11.1 Å². The maximum Gasteiger partial charge on any atom is 0.139 e. The van der Waals surface area contributed by atoms with Crippen molar-refractivity contribution in [3.63, 3.8) is 0 Å². The molecule has 17 heavy (non-hydrogen) atoms. The lowest BCUT2D eigenvalue weighted by molar-refractivity contribution is 0.131. The topological polar surface area (TPSA) is 66.5 Å². The van der Waals surface area contributed by atoms with Crippen LogP contribution in [0.25, 0.3) is 0 Å². The standard InChI is InChI=1S/C11H15ClFNO2.ClH/c1-11(2,5-15)10(14)7-3-6(13)4-8(12)9(7)16;/h3-4,10,15-16H,5,14H2,1-2H3;1H/t10-;/m0./s1. The molecule has 0 fully saturated rings. The van der Waals surface area contributed by atoms with Crippen LogP contribution in [0, 0.1) is 11.2 Å². The highest BCUT2D eigenvalue weighted by atomic mass is 35.5. The summed E-state index contributed by atoms with van der Waals surface area (Å²) in [6, 6.07) is 1.44. The summed E-state index contributed by atoms with van der Waals surface area (Å²) in [6.45, 7) is 3.26.